The molecule has 0 aliphatic heterocycles. The maximum atomic E-state index is 11.1. The number of para-hydroxylation sites is 2. The number of hydrogen-bond acceptors (Lipinski definition) is 3. The van der Waals surface area contributed by atoms with Gasteiger partial charge in [-0.25, -0.2) is 0 Å². The molecule has 0 aromatic heterocycles. The van der Waals surface area contributed by atoms with E-state index in [0.717, 1.165) is 39.2 Å². The zero-order chi connectivity index (χ0) is 29.7. The number of allylic oxidation sites excluding steroid dienone is 13. The van der Waals surface area contributed by atoms with Crippen LogP contribution in [0.1, 0.15) is 22.3 Å². The Morgan fingerprint density at radius 1 is 0.591 bits per heavy atom. The summed E-state index contributed by atoms with van der Waals surface area (Å²) in [4.78, 5) is 1.90. The second kappa shape index (κ2) is 9.99. The van der Waals surface area contributed by atoms with Gasteiger partial charge in [0.25, 0.3) is 0 Å². The van der Waals surface area contributed by atoms with Crippen LogP contribution in [-0.2, 0) is 0 Å². The van der Waals surface area contributed by atoms with E-state index in [1.54, 1.807) is 0 Å². The van der Waals surface area contributed by atoms with E-state index in [9.17, 15) is 10.5 Å². The molecule has 8 rings (SSSR count). The average molecular weight is 560 g/mol. The molecule has 0 radical (unpaired) electrons. The first-order valence-electron chi connectivity index (χ1n) is 14.7. The summed E-state index contributed by atoms with van der Waals surface area (Å²) in [7, 11) is 0. The number of nitrogens with zero attached hydrogens (tertiary/aromatic N) is 3. The molecule has 1 unspecified atom stereocenters. The Bertz CT molecular complexity index is 2120. The van der Waals surface area contributed by atoms with Crippen LogP contribution in [0.25, 0.3) is 22.8 Å². The fourth-order valence-corrected chi connectivity index (χ4v) is 7.11. The summed E-state index contributed by atoms with van der Waals surface area (Å²) in [6.07, 6.45) is 15.4. The summed E-state index contributed by atoms with van der Waals surface area (Å²) in [6.45, 7) is 0. The van der Waals surface area contributed by atoms with E-state index in [1.165, 1.54) is 22.3 Å². The molecule has 0 saturated heterocycles. The largest absolute Gasteiger partial charge is 0.300 e. The van der Waals surface area contributed by atoms with E-state index < -0.39 is 5.41 Å². The highest BCUT2D eigenvalue weighted by molar-refractivity contribution is 6.12. The van der Waals surface area contributed by atoms with Crippen LogP contribution in [0.3, 0.4) is 0 Å². The summed E-state index contributed by atoms with van der Waals surface area (Å²) >= 11 is 0. The predicted octanol–water partition coefficient (Wildman–Crippen LogP) is 9.58. The van der Waals surface area contributed by atoms with Crippen LogP contribution in [0.5, 0.6) is 0 Å². The van der Waals surface area contributed by atoms with Gasteiger partial charge in [0.15, 0.2) is 0 Å². The Morgan fingerprint density at radius 2 is 1.16 bits per heavy atom. The second-order valence-corrected chi connectivity index (χ2v) is 11.1. The molecule has 44 heavy (non-hydrogen) atoms. The van der Waals surface area contributed by atoms with E-state index in [2.05, 4.69) is 91.1 Å². The first-order chi connectivity index (χ1) is 21.7. The van der Waals surface area contributed by atoms with Crippen molar-refractivity contribution in [2.24, 2.45) is 5.41 Å². The lowest BCUT2D eigenvalue weighted by Gasteiger charge is -2.37. The molecular formula is C41H25N3. The van der Waals surface area contributed by atoms with E-state index in [0.29, 0.717) is 5.57 Å². The van der Waals surface area contributed by atoms with Crippen LogP contribution in [-0.4, -0.2) is 0 Å². The Hall–Kier alpha value is -6.16. The normalized spacial score (nSPS) is 19.0. The zero-order valence-corrected chi connectivity index (χ0v) is 23.8. The van der Waals surface area contributed by atoms with Gasteiger partial charge in [-0.3, -0.25) is 0 Å². The van der Waals surface area contributed by atoms with Crippen LogP contribution in [0, 0.1) is 28.1 Å². The predicted molar refractivity (Wildman–Crippen MR) is 178 cm³/mol. The summed E-state index contributed by atoms with van der Waals surface area (Å²) in [5.41, 5.74) is 11.4. The number of nitriles is 2. The minimum atomic E-state index is -0.617. The molecule has 0 saturated carbocycles. The van der Waals surface area contributed by atoms with Crippen LogP contribution >= 0.6 is 0 Å². The lowest BCUT2D eigenvalue weighted by molar-refractivity contribution is 0.751. The molecule has 4 aromatic rings. The third-order valence-corrected chi connectivity index (χ3v) is 8.91. The highest BCUT2D eigenvalue weighted by Gasteiger charge is 2.47. The number of fused-ring (bicyclic) bond motifs is 8. The van der Waals surface area contributed by atoms with E-state index in [1.807, 2.05) is 77.7 Å². The molecule has 0 bridgehead atoms. The zero-order valence-electron chi connectivity index (χ0n) is 23.8. The molecule has 4 aromatic carbocycles. The summed E-state index contributed by atoms with van der Waals surface area (Å²) in [5, 5.41) is 22.0. The van der Waals surface area contributed by atoms with Gasteiger partial charge in [-0.1, -0.05) is 121 Å². The van der Waals surface area contributed by atoms with Crippen LogP contribution in [0.4, 0.5) is 11.4 Å². The average Bonchev–Trinajstić information content (AvgIpc) is 3.64. The first-order valence-corrected chi connectivity index (χ1v) is 14.7. The Labute approximate surface area is 257 Å². The summed E-state index contributed by atoms with van der Waals surface area (Å²) < 4.78 is 0. The van der Waals surface area contributed by atoms with Crippen molar-refractivity contribution >= 4 is 34.2 Å². The minimum absolute atomic E-state index is 0.285. The molecule has 3 heteroatoms. The molecule has 204 valence electrons. The third kappa shape index (κ3) is 3.61. The molecule has 0 heterocycles. The maximum Gasteiger partial charge on any atom is 0.143 e. The molecular weight excluding hydrogens is 534 g/mol. The molecule has 1 atom stereocenters. The van der Waals surface area contributed by atoms with Gasteiger partial charge in [0.2, 0.25) is 0 Å². The monoisotopic (exact) mass is 559 g/mol. The fourth-order valence-electron chi connectivity index (χ4n) is 7.11. The van der Waals surface area contributed by atoms with Crippen molar-refractivity contribution in [3.05, 3.63) is 190 Å². The quantitative estimate of drug-likeness (QED) is 0.234. The van der Waals surface area contributed by atoms with Crippen molar-refractivity contribution in [2.45, 2.75) is 0 Å². The number of anilines is 2. The van der Waals surface area contributed by atoms with Crippen LogP contribution in [0.2, 0.25) is 0 Å². The number of rotatable bonds is 4. The molecule has 0 N–H and O–H groups in total. The molecule has 4 aliphatic carbocycles. The SMILES string of the molecule is N#CC(C1=C2C(=CC=CC23C=CC=C2C3=Cc3ccccc32)c2ccccc21)=C(C#N)N(c1ccccc1)c1ccccc1. The lowest BCUT2D eigenvalue weighted by Crippen LogP contribution is -2.25. The van der Waals surface area contributed by atoms with Gasteiger partial charge < -0.3 is 4.90 Å². The number of hydrogen-bond donors (Lipinski definition) is 0. The van der Waals surface area contributed by atoms with Gasteiger partial charge in [-0.05, 0) is 74.9 Å². The summed E-state index contributed by atoms with van der Waals surface area (Å²) in [6, 6.07) is 41.3. The Kier molecular flexibility index (Phi) is 5.80. The lowest BCUT2D eigenvalue weighted by atomic mass is 9.64. The van der Waals surface area contributed by atoms with Crippen molar-refractivity contribution in [1.29, 1.82) is 10.5 Å². The first kappa shape index (κ1) is 25.5. The minimum Gasteiger partial charge on any atom is -0.300 e. The third-order valence-electron chi connectivity index (χ3n) is 8.91. The van der Waals surface area contributed by atoms with Gasteiger partial charge in [0, 0.05) is 16.9 Å². The van der Waals surface area contributed by atoms with Crippen molar-refractivity contribution in [2.75, 3.05) is 4.90 Å². The van der Waals surface area contributed by atoms with E-state index >= 15 is 0 Å². The van der Waals surface area contributed by atoms with Gasteiger partial charge in [-0.2, -0.15) is 10.5 Å². The van der Waals surface area contributed by atoms with Gasteiger partial charge in [0.1, 0.15) is 17.8 Å². The fraction of sp³-hybridized carbons (Fsp3) is 0.0244. The molecule has 3 nitrogen and oxygen atoms in total. The maximum absolute atomic E-state index is 11.1. The molecule has 1 spiro atoms. The molecule has 4 aliphatic rings. The van der Waals surface area contributed by atoms with Gasteiger partial charge in [-0.15, -0.1) is 0 Å². The topological polar surface area (TPSA) is 50.8 Å². The molecule has 0 amide bonds. The van der Waals surface area contributed by atoms with E-state index in [4.69, 9.17) is 0 Å². The number of benzene rings is 4. The molecule has 0 fully saturated rings. The summed E-state index contributed by atoms with van der Waals surface area (Å²) in [5.74, 6) is 0. The van der Waals surface area contributed by atoms with Crippen molar-refractivity contribution in [3.63, 3.8) is 0 Å². The van der Waals surface area contributed by atoms with Crippen molar-refractivity contribution in [3.8, 4) is 12.1 Å². The Balaban J connectivity index is 1.45. The highest BCUT2D eigenvalue weighted by Crippen LogP contribution is 2.62. The smallest absolute Gasteiger partial charge is 0.143 e. The van der Waals surface area contributed by atoms with E-state index in [-0.39, 0.29) is 5.70 Å². The van der Waals surface area contributed by atoms with Gasteiger partial charge >= 0.3 is 0 Å². The van der Waals surface area contributed by atoms with Crippen LogP contribution in [0.15, 0.2) is 168 Å². The van der Waals surface area contributed by atoms with Gasteiger partial charge in [0.05, 0.1) is 11.0 Å². The van der Waals surface area contributed by atoms with Crippen molar-refractivity contribution < 1.29 is 0 Å². The van der Waals surface area contributed by atoms with Crippen LogP contribution < -0.4 is 4.90 Å². The highest BCUT2D eigenvalue weighted by atomic mass is 15.1. The Morgan fingerprint density at radius 3 is 1.80 bits per heavy atom. The standard InChI is InChI=1S/C41H25N3/c42-26-36(38(27-43)44(29-14-3-1-4-15-29)30-16-5-2-6-17-30)39-34-20-10-9-19-32(34)35-22-12-24-41(40(35)39)23-11-21-33-31-18-8-7-13-28(31)25-37(33)41/h1-25H. The second-order valence-electron chi connectivity index (χ2n) is 11.1. The van der Waals surface area contributed by atoms with Crippen molar-refractivity contribution in [1.82, 2.24) is 0 Å².